The van der Waals surface area contributed by atoms with E-state index in [1.807, 2.05) is 56.3 Å². The van der Waals surface area contributed by atoms with Gasteiger partial charge in [-0.1, -0.05) is 23.8 Å². The molecule has 6 nitrogen and oxygen atoms in total. The van der Waals surface area contributed by atoms with Crippen LogP contribution in [0.3, 0.4) is 0 Å². The lowest BCUT2D eigenvalue weighted by atomic mass is 10.1. The molecule has 0 saturated heterocycles. The van der Waals surface area contributed by atoms with Gasteiger partial charge in [-0.15, -0.1) is 10.2 Å². The van der Waals surface area contributed by atoms with Gasteiger partial charge in [0.1, 0.15) is 0 Å². The van der Waals surface area contributed by atoms with Gasteiger partial charge in [-0.2, -0.15) is 0 Å². The highest BCUT2D eigenvalue weighted by Gasteiger charge is 2.13. The van der Waals surface area contributed by atoms with Crippen LogP contribution >= 0.6 is 0 Å². The van der Waals surface area contributed by atoms with Crippen LogP contribution in [0.2, 0.25) is 0 Å². The summed E-state index contributed by atoms with van der Waals surface area (Å²) in [6.07, 6.45) is 2.40. The highest BCUT2D eigenvalue weighted by molar-refractivity contribution is 5.76. The normalized spacial score (nSPS) is 11.9. The largest absolute Gasteiger partial charge is 0.421 e. The summed E-state index contributed by atoms with van der Waals surface area (Å²) in [6, 6.07) is 13.4. The summed E-state index contributed by atoms with van der Waals surface area (Å²) in [6.45, 7) is 3.93. The van der Waals surface area contributed by atoms with Crippen LogP contribution in [-0.4, -0.2) is 21.1 Å². The molecule has 0 bridgehead atoms. The predicted molar refractivity (Wildman–Crippen MR) is 93.6 cm³/mol. The number of hydrogen-bond donors (Lipinski definition) is 1. The molecule has 0 saturated carbocycles. The molecule has 1 atom stereocenters. The number of benzene rings is 1. The number of hydrogen-bond acceptors (Lipinski definition) is 5. The summed E-state index contributed by atoms with van der Waals surface area (Å²) in [5.41, 5.74) is 2.87. The Kier molecular flexibility index (Phi) is 5.18. The predicted octanol–water partition coefficient (Wildman–Crippen LogP) is 3.25. The second kappa shape index (κ2) is 7.70. The van der Waals surface area contributed by atoms with Crippen LogP contribution in [0.15, 0.2) is 53.1 Å². The lowest BCUT2D eigenvalue weighted by molar-refractivity contribution is -0.121. The number of carbonyl (C=O) groups excluding carboxylic acids is 1. The maximum atomic E-state index is 12.1. The number of amides is 1. The first-order valence-electron chi connectivity index (χ1n) is 8.21. The molecule has 2 heterocycles. The molecule has 6 heteroatoms. The third-order valence-corrected chi connectivity index (χ3v) is 3.84. The van der Waals surface area contributed by atoms with Crippen molar-refractivity contribution in [2.24, 2.45) is 0 Å². The number of carbonyl (C=O) groups is 1. The van der Waals surface area contributed by atoms with Crippen molar-refractivity contribution in [1.82, 2.24) is 20.5 Å². The first-order chi connectivity index (χ1) is 12.1. The Morgan fingerprint density at radius 2 is 1.96 bits per heavy atom. The van der Waals surface area contributed by atoms with Gasteiger partial charge in [-0.05, 0) is 38.1 Å². The Balaban J connectivity index is 1.53. The third-order valence-electron chi connectivity index (χ3n) is 3.84. The number of nitrogens with one attached hydrogen (secondary N) is 1. The van der Waals surface area contributed by atoms with Crippen molar-refractivity contribution in [2.75, 3.05) is 0 Å². The zero-order valence-electron chi connectivity index (χ0n) is 14.3. The first-order valence-corrected chi connectivity index (χ1v) is 8.21. The lowest BCUT2D eigenvalue weighted by Crippen LogP contribution is -2.27. The van der Waals surface area contributed by atoms with Crippen molar-refractivity contribution >= 4 is 5.91 Å². The van der Waals surface area contributed by atoms with E-state index in [0.717, 1.165) is 11.3 Å². The molecule has 0 aliphatic rings. The molecule has 0 aliphatic heterocycles. The summed E-state index contributed by atoms with van der Waals surface area (Å²) >= 11 is 0. The van der Waals surface area contributed by atoms with E-state index < -0.39 is 0 Å². The molecule has 1 amide bonds. The second-order valence-corrected chi connectivity index (χ2v) is 5.91. The average Bonchev–Trinajstić information content (AvgIpc) is 3.10. The molecule has 3 rings (SSSR count). The molecule has 0 fully saturated rings. The molecule has 1 unspecified atom stereocenters. The molecule has 0 radical (unpaired) electrons. The van der Waals surface area contributed by atoms with Crippen LogP contribution in [0.25, 0.3) is 11.5 Å². The Bertz CT molecular complexity index is 828. The third kappa shape index (κ3) is 4.50. The fourth-order valence-electron chi connectivity index (χ4n) is 2.41. The van der Waals surface area contributed by atoms with Gasteiger partial charge in [0, 0.05) is 24.6 Å². The fourth-order valence-corrected chi connectivity index (χ4v) is 2.41. The maximum absolute atomic E-state index is 12.1. The maximum Gasteiger partial charge on any atom is 0.247 e. The van der Waals surface area contributed by atoms with Crippen LogP contribution in [0, 0.1) is 6.92 Å². The van der Waals surface area contributed by atoms with Crippen LogP contribution in [-0.2, 0) is 11.2 Å². The molecule has 0 spiro atoms. The van der Waals surface area contributed by atoms with Gasteiger partial charge in [0.05, 0.1) is 11.7 Å². The zero-order chi connectivity index (χ0) is 17.6. The van der Waals surface area contributed by atoms with E-state index >= 15 is 0 Å². The van der Waals surface area contributed by atoms with Crippen molar-refractivity contribution in [3.63, 3.8) is 0 Å². The van der Waals surface area contributed by atoms with E-state index in [4.69, 9.17) is 4.42 Å². The molecule has 0 aliphatic carbocycles. The van der Waals surface area contributed by atoms with Crippen LogP contribution in [0.5, 0.6) is 0 Å². The standard InChI is InChI=1S/C19H20N4O2/c1-13-6-8-15(9-7-13)19-23-22-18(25-19)11-10-17(24)21-14(2)16-5-3-4-12-20-16/h3-9,12,14H,10-11H2,1-2H3,(H,21,24). The quantitative estimate of drug-likeness (QED) is 0.747. The van der Waals surface area contributed by atoms with Crippen molar-refractivity contribution in [1.29, 1.82) is 0 Å². The number of nitrogens with zero attached hydrogens (tertiary/aromatic N) is 3. The minimum absolute atomic E-state index is 0.0757. The van der Waals surface area contributed by atoms with Crippen molar-refractivity contribution in [2.45, 2.75) is 32.7 Å². The van der Waals surface area contributed by atoms with E-state index in [2.05, 4.69) is 20.5 Å². The van der Waals surface area contributed by atoms with Crippen molar-refractivity contribution < 1.29 is 9.21 Å². The molecule has 1 aromatic carbocycles. The first kappa shape index (κ1) is 16.8. The molecular weight excluding hydrogens is 316 g/mol. The Morgan fingerprint density at radius 3 is 2.68 bits per heavy atom. The minimum Gasteiger partial charge on any atom is -0.421 e. The van der Waals surface area contributed by atoms with Crippen molar-refractivity contribution in [3.05, 3.63) is 65.8 Å². The molecule has 128 valence electrons. The van der Waals surface area contributed by atoms with Crippen LogP contribution in [0.1, 0.15) is 36.5 Å². The van der Waals surface area contributed by atoms with Crippen LogP contribution < -0.4 is 5.32 Å². The van der Waals surface area contributed by atoms with Gasteiger partial charge < -0.3 is 9.73 Å². The van der Waals surface area contributed by atoms with E-state index in [1.165, 1.54) is 5.56 Å². The van der Waals surface area contributed by atoms with Gasteiger partial charge in [0.25, 0.3) is 0 Å². The van der Waals surface area contributed by atoms with Crippen LogP contribution in [0.4, 0.5) is 0 Å². The summed E-state index contributed by atoms with van der Waals surface area (Å²) in [5.74, 6) is 0.849. The highest BCUT2D eigenvalue weighted by Crippen LogP contribution is 2.18. The fraction of sp³-hybridized carbons (Fsp3) is 0.263. The van der Waals surface area contributed by atoms with E-state index in [9.17, 15) is 4.79 Å². The topological polar surface area (TPSA) is 80.9 Å². The summed E-state index contributed by atoms with van der Waals surface area (Å²) in [4.78, 5) is 16.3. The molecule has 3 aromatic rings. The number of pyridine rings is 1. The second-order valence-electron chi connectivity index (χ2n) is 5.91. The molecule has 1 N–H and O–H groups in total. The number of rotatable bonds is 6. The molecule has 2 aromatic heterocycles. The Hall–Kier alpha value is -3.02. The van der Waals surface area contributed by atoms with Gasteiger partial charge in [-0.25, -0.2) is 0 Å². The number of aromatic nitrogens is 3. The van der Waals surface area contributed by atoms with Crippen molar-refractivity contribution in [3.8, 4) is 11.5 Å². The lowest BCUT2D eigenvalue weighted by Gasteiger charge is -2.12. The van der Waals surface area contributed by atoms with E-state index in [-0.39, 0.29) is 18.4 Å². The number of aryl methyl sites for hydroxylation is 2. The molecule has 25 heavy (non-hydrogen) atoms. The molecular formula is C19H20N4O2. The zero-order valence-corrected chi connectivity index (χ0v) is 14.3. The van der Waals surface area contributed by atoms with E-state index in [0.29, 0.717) is 18.2 Å². The minimum atomic E-state index is -0.139. The summed E-state index contributed by atoms with van der Waals surface area (Å²) < 4.78 is 5.64. The Morgan fingerprint density at radius 1 is 1.16 bits per heavy atom. The van der Waals surface area contributed by atoms with Gasteiger partial charge in [0.15, 0.2) is 0 Å². The summed E-state index contributed by atoms with van der Waals surface area (Å²) in [5, 5.41) is 11.0. The van der Waals surface area contributed by atoms with Gasteiger partial charge in [0.2, 0.25) is 17.7 Å². The van der Waals surface area contributed by atoms with E-state index in [1.54, 1.807) is 6.20 Å². The smallest absolute Gasteiger partial charge is 0.247 e. The summed E-state index contributed by atoms with van der Waals surface area (Å²) in [7, 11) is 0. The average molecular weight is 336 g/mol. The van der Waals surface area contributed by atoms with Gasteiger partial charge in [-0.3, -0.25) is 9.78 Å². The highest BCUT2D eigenvalue weighted by atomic mass is 16.4. The SMILES string of the molecule is Cc1ccc(-c2nnc(CCC(=O)NC(C)c3ccccn3)o2)cc1. The van der Waals surface area contributed by atoms with Gasteiger partial charge >= 0.3 is 0 Å². The Labute approximate surface area is 146 Å². The monoisotopic (exact) mass is 336 g/mol.